The highest BCUT2D eigenvalue weighted by atomic mass is 16.5. The number of hydrogen-bond acceptors (Lipinski definition) is 3. The Hall–Kier alpha value is -2.49. The van der Waals surface area contributed by atoms with Crippen LogP contribution in [-0.4, -0.2) is 11.1 Å². The van der Waals surface area contributed by atoms with Crippen LogP contribution in [-0.2, 0) is 13.0 Å². The van der Waals surface area contributed by atoms with Gasteiger partial charge in [-0.2, -0.15) is 0 Å². The molecule has 4 nitrogen and oxygen atoms in total. The maximum absolute atomic E-state index is 11.1. The van der Waals surface area contributed by atoms with Crippen LogP contribution in [0.25, 0.3) is 0 Å². The van der Waals surface area contributed by atoms with E-state index in [1.54, 1.807) is 6.07 Å². The molecule has 0 saturated heterocycles. The lowest BCUT2D eigenvalue weighted by Crippen LogP contribution is -2.04. The predicted octanol–water partition coefficient (Wildman–Crippen LogP) is 3.11. The molecule has 0 unspecified atom stereocenters. The fraction of sp³-hybridized carbons (Fsp3) is 0.188. The number of ether oxygens (including phenoxy) is 1. The second-order valence-electron chi connectivity index (χ2n) is 4.52. The maximum atomic E-state index is 11.1. The predicted molar refractivity (Wildman–Crippen MR) is 78.0 cm³/mol. The highest BCUT2D eigenvalue weighted by molar-refractivity contribution is 5.91. The third-order valence-electron chi connectivity index (χ3n) is 3.06. The Balaban J connectivity index is 2.13. The van der Waals surface area contributed by atoms with E-state index in [4.69, 9.17) is 15.6 Å². The summed E-state index contributed by atoms with van der Waals surface area (Å²) in [5.41, 5.74) is 8.50. The molecule has 0 atom stereocenters. The summed E-state index contributed by atoms with van der Waals surface area (Å²) in [7, 11) is 0. The molecular weight excluding hydrogens is 254 g/mol. The van der Waals surface area contributed by atoms with E-state index in [-0.39, 0.29) is 11.3 Å². The quantitative estimate of drug-likeness (QED) is 0.819. The van der Waals surface area contributed by atoms with Crippen LogP contribution in [0.5, 0.6) is 5.75 Å². The van der Waals surface area contributed by atoms with E-state index in [1.807, 2.05) is 24.3 Å². The SMILES string of the molecule is CCc1ccc(COc2cc(N)ccc2C(=O)O)cc1. The van der Waals surface area contributed by atoms with Gasteiger partial charge in [0.05, 0.1) is 0 Å². The molecule has 0 saturated carbocycles. The second-order valence-corrected chi connectivity index (χ2v) is 4.52. The van der Waals surface area contributed by atoms with Crippen molar-refractivity contribution in [1.82, 2.24) is 0 Å². The zero-order chi connectivity index (χ0) is 14.5. The van der Waals surface area contributed by atoms with E-state index in [0.717, 1.165) is 12.0 Å². The van der Waals surface area contributed by atoms with Crippen molar-refractivity contribution >= 4 is 11.7 Å². The van der Waals surface area contributed by atoms with Gasteiger partial charge in [0.25, 0.3) is 0 Å². The number of carboxylic acids is 1. The molecule has 3 N–H and O–H groups in total. The highest BCUT2D eigenvalue weighted by Gasteiger charge is 2.11. The fourth-order valence-electron chi connectivity index (χ4n) is 1.87. The highest BCUT2D eigenvalue weighted by Crippen LogP contribution is 2.23. The Morgan fingerprint density at radius 3 is 2.40 bits per heavy atom. The molecule has 104 valence electrons. The van der Waals surface area contributed by atoms with Crippen LogP contribution in [0.2, 0.25) is 0 Å². The molecule has 0 spiro atoms. The Morgan fingerprint density at radius 2 is 1.80 bits per heavy atom. The van der Waals surface area contributed by atoms with Gasteiger partial charge in [-0.1, -0.05) is 31.2 Å². The summed E-state index contributed by atoms with van der Waals surface area (Å²) >= 11 is 0. The number of carbonyl (C=O) groups is 1. The lowest BCUT2D eigenvalue weighted by atomic mass is 10.1. The molecule has 0 aliphatic carbocycles. The first kappa shape index (κ1) is 13.9. The lowest BCUT2D eigenvalue weighted by Gasteiger charge is -2.10. The van der Waals surface area contributed by atoms with Crippen molar-refractivity contribution in [2.45, 2.75) is 20.0 Å². The molecule has 2 aromatic rings. The Bertz CT molecular complexity index is 606. The molecular formula is C16H17NO3. The number of benzene rings is 2. The van der Waals surface area contributed by atoms with Crippen LogP contribution in [0.1, 0.15) is 28.4 Å². The minimum atomic E-state index is -1.03. The van der Waals surface area contributed by atoms with Gasteiger partial charge in [-0.15, -0.1) is 0 Å². The van der Waals surface area contributed by atoms with E-state index in [0.29, 0.717) is 12.3 Å². The van der Waals surface area contributed by atoms with Gasteiger partial charge in [-0.3, -0.25) is 0 Å². The first-order valence-electron chi connectivity index (χ1n) is 6.43. The van der Waals surface area contributed by atoms with Crippen LogP contribution in [0.15, 0.2) is 42.5 Å². The summed E-state index contributed by atoms with van der Waals surface area (Å²) in [4.78, 5) is 11.1. The fourth-order valence-corrected chi connectivity index (χ4v) is 1.87. The van der Waals surface area contributed by atoms with Gasteiger partial charge in [0, 0.05) is 11.8 Å². The van der Waals surface area contributed by atoms with Crippen molar-refractivity contribution in [2.24, 2.45) is 0 Å². The van der Waals surface area contributed by atoms with Gasteiger partial charge >= 0.3 is 5.97 Å². The summed E-state index contributed by atoms with van der Waals surface area (Å²) in [6, 6.07) is 12.6. The number of rotatable bonds is 5. The first-order valence-corrected chi connectivity index (χ1v) is 6.43. The topological polar surface area (TPSA) is 72.5 Å². The van der Waals surface area contributed by atoms with Gasteiger partial charge in [-0.25, -0.2) is 4.79 Å². The third kappa shape index (κ3) is 3.29. The van der Waals surface area contributed by atoms with E-state index in [9.17, 15) is 4.79 Å². The first-order chi connectivity index (χ1) is 9.60. The average molecular weight is 271 g/mol. The second kappa shape index (κ2) is 6.10. The number of hydrogen-bond donors (Lipinski definition) is 2. The maximum Gasteiger partial charge on any atom is 0.339 e. The van der Waals surface area contributed by atoms with E-state index in [1.165, 1.54) is 17.7 Å². The van der Waals surface area contributed by atoms with Crippen LogP contribution in [0, 0.1) is 0 Å². The van der Waals surface area contributed by atoms with Crippen LogP contribution >= 0.6 is 0 Å². The molecule has 2 aromatic carbocycles. The van der Waals surface area contributed by atoms with Crippen molar-refractivity contribution in [3.05, 3.63) is 59.2 Å². The van der Waals surface area contributed by atoms with Crippen molar-refractivity contribution in [3.63, 3.8) is 0 Å². The lowest BCUT2D eigenvalue weighted by molar-refractivity contribution is 0.0692. The van der Waals surface area contributed by atoms with E-state index >= 15 is 0 Å². The molecule has 0 radical (unpaired) electrons. The molecule has 0 fully saturated rings. The minimum Gasteiger partial charge on any atom is -0.488 e. The van der Waals surface area contributed by atoms with Gasteiger partial charge in [-0.05, 0) is 29.7 Å². The molecule has 2 rings (SSSR count). The largest absolute Gasteiger partial charge is 0.488 e. The summed E-state index contributed by atoms with van der Waals surface area (Å²) in [5, 5.41) is 9.10. The van der Waals surface area contributed by atoms with Gasteiger partial charge in [0.2, 0.25) is 0 Å². The number of nitrogens with two attached hydrogens (primary N) is 1. The molecule has 0 amide bonds. The van der Waals surface area contributed by atoms with Crippen LogP contribution in [0.3, 0.4) is 0 Å². The molecule has 4 heteroatoms. The zero-order valence-electron chi connectivity index (χ0n) is 11.3. The molecule has 0 bridgehead atoms. The summed E-state index contributed by atoms with van der Waals surface area (Å²) in [6.07, 6.45) is 0.986. The standard InChI is InChI=1S/C16H17NO3/c1-2-11-3-5-12(6-4-11)10-20-15-9-13(17)7-8-14(15)16(18)19/h3-9H,2,10,17H2,1H3,(H,18,19). The van der Waals surface area contributed by atoms with Crippen molar-refractivity contribution < 1.29 is 14.6 Å². The van der Waals surface area contributed by atoms with Crippen LogP contribution in [0.4, 0.5) is 5.69 Å². The normalized spacial score (nSPS) is 10.2. The molecule has 0 aromatic heterocycles. The van der Waals surface area contributed by atoms with Gasteiger partial charge in [0.15, 0.2) is 0 Å². The monoisotopic (exact) mass is 271 g/mol. The summed E-state index contributed by atoms with van der Waals surface area (Å²) < 4.78 is 5.58. The zero-order valence-corrected chi connectivity index (χ0v) is 11.3. The number of aryl methyl sites for hydroxylation is 1. The number of anilines is 1. The Labute approximate surface area is 117 Å². The summed E-state index contributed by atoms with van der Waals surface area (Å²) in [5.74, 6) is -0.738. The molecule has 0 heterocycles. The number of nitrogen functional groups attached to an aromatic ring is 1. The molecule has 20 heavy (non-hydrogen) atoms. The number of carboxylic acid groups (broad SMARTS) is 1. The number of aromatic carboxylic acids is 1. The van der Waals surface area contributed by atoms with E-state index in [2.05, 4.69) is 6.92 Å². The molecule has 0 aliphatic rings. The Kier molecular flexibility index (Phi) is 4.25. The minimum absolute atomic E-state index is 0.115. The van der Waals surface area contributed by atoms with Gasteiger partial charge < -0.3 is 15.6 Å². The van der Waals surface area contributed by atoms with Crippen molar-refractivity contribution in [3.8, 4) is 5.75 Å². The molecule has 0 aliphatic heterocycles. The van der Waals surface area contributed by atoms with Crippen molar-refractivity contribution in [1.29, 1.82) is 0 Å². The van der Waals surface area contributed by atoms with E-state index < -0.39 is 5.97 Å². The van der Waals surface area contributed by atoms with Gasteiger partial charge in [0.1, 0.15) is 17.9 Å². The smallest absolute Gasteiger partial charge is 0.339 e. The third-order valence-corrected chi connectivity index (χ3v) is 3.06. The Morgan fingerprint density at radius 1 is 1.15 bits per heavy atom. The summed E-state index contributed by atoms with van der Waals surface area (Å²) in [6.45, 7) is 2.41. The average Bonchev–Trinajstić information content (AvgIpc) is 2.45. The van der Waals surface area contributed by atoms with Crippen LogP contribution < -0.4 is 10.5 Å². The van der Waals surface area contributed by atoms with Crippen molar-refractivity contribution in [2.75, 3.05) is 5.73 Å².